The molecule has 4 rings (SSSR count). The molecule has 0 unspecified atom stereocenters. The molecule has 0 bridgehead atoms. The van der Waals surface area contributed by atoms with Gasteiger partial charge in [0.25, 0.3) is 5.91 Å². The van der Waals surface area contributed by atoms with Crippen molar-refractivity contribution in [2.24, 2.45) is 10.7 Å². The zero-order valence-corrected chi connectivity index (χ0v) is 13.0. The van der Waals surface area contributed by atoms with Gasteiger partial charge in [-0.25, -0.2) is 4.99 Å². The number of H-pyrrole nitrogens is 1. The average molecular weight is 389 g/mol. The zero-order valence-electron chi connectivity index (χ0n) is 9.83. The van der Waals surface area contributed by atoms with Crippen molar-refractivity contribution in [1.29, 1.82) is 0 Å². The maximum atomic E-state index is 12.7. The van der Waals surface area contributed by atoms with Crippen LogP contribution < -0.4 is 11.1 Å². The average Bonchev–Trinajstić information content (AvgIpc) is 2.99. The van der Waals surface area contributed by atoms with Crippen molar-refractivity contribution in [2.45, 2.75) is 24.5 Å². The minimum absolute atomic E-state index is 0.0231. The van der Waals surface area contributed by atoms with Crippen LogP contribution in [0.4, 0.5) is 0 Å². The van der Waals surface area contributed by atoms with E-state index in [1.54, 1.807) is 0 Å². The van der Waals surface area contributed by atoms with E-state index in [4.69, 9.17) is 5.73 Å². The lowest BCUT2D eigenvalue weighted by molar-refractivity contribution is 0.0465. The molecular formula is C11H11Br2N5O. The zero-order chi connectivity index (χ0) is 13.4. The molecule has 4 N–H and O–H groups in total. The first-order chi connectivity index (χ1) is 9.04. The molecule has 2 atom stereocenters. The molecular weight excluding hydrogens is 378 g/mol. The van der Waals surface area contributed by atoms with Gasteiger partial charge in [-0.2, -0.15) is 0 Å². The molecule has 0 aromatic carbocycles. The van der Waals surface area contributed by atoms with Crippen LogP contribution in [0, 0.1) is 0 Å². The molecule has 1 aromatic heterocycles. The van der Waals surface area contributed by atoms with Crippen LogP contribution in [-0.4, -0.2) is 34.0 Å². The molecule has 6 nitrogen and oxygen atoms in total. The van der Waals surface area contributed by atoms with Gasteiger partial charge in [-0.3, -0.25) is 4.79 Å². The van der Waals surface area contributed by atoms with Crippen molar-refractivity contribution in [1.82, 2.24) is 15.2 Å². The number of aromatic amines is 1. The largest absolute Gasteiger partial charge is 0.370 e. The van der Waals surface area contributed by atoms with E-state index in [2.05, 4.69) is 47.2 Å². The van der Waals surface area contributed by atoms with Gasteiger partial charge in [0.2, 0.25) is 0 Å². The van der Waals surface area contributed by atoms with Crippen molar-refractivity contribution >= 4 is 43.7 Å². The van der Waals surface area contributed by atoms with Crippen molar-refractivity contribution in [3.63, 3.8) is 0 Å². The first kappa shape index (κ1) is 11.8. The van der Waals surface area contributed by atoms with Crippen LogP contribution in [0.25, 0.3) is 0 Å². The van der Waals surface area contributed by atoms with Gasteiger partial charge in [-0.1, -0.05) is 0 Å². The Morgan fingerprint density at radius 3 is 3.05 bits per heavy atom. The number of amides is 1. The van der Waals surface area contributed by atoms with Crippen molar-refractivity contribution < 1.29 is 4.79 Å². The third kappa shape index (κ3) is 1.26. The monoisotopic (exact) mass is 387 g/mol. The number of halogens is 2. The fourth-order valence-electron chi connectivity index (χ4n) is 3.42. The summed E-state index contributed by atoms with van der Waals surface area (Å²) >= 11 is 6.88. The molecule has 1 aromatic rings. The second kappa shape index (κ2) is 3.54. The van der Waals surface area contributed by atoms with Crippen molar-refractivity contribution in [3.8, 4) is 0 Å². The van der Waals surface area contributed by atoms with Crippen LogP contribution in [0.3, 0.4) is 0 Å². The summed E-state index contributed by atoms with van der Waals surface area (Å²) in [5.41, 5.74) is 6.87. The predicted molar refractivity (Wildman–Crippen MR) is 76.7 cm³/mol. The number of hydrogen-bond acceptors (Lipinski definition) is 4. The molecule has 3 aliphatic heterocycles. The Labute approximate surface area is 126 Å². The number of rotatable bonds is 0. The first-order valence-corrected chi connectivity index (χ1v) is 7.63. The highest BCUT2D eigenvalue weighted by Crippen LogP contribution is 2.50. The molecule has 0 aliphatic carbocycles. The molecule has 8 heteroatoms. The van der Waals surface area contributed by atoms with Crippen LogP contribution in [0.1, 0.15) is 34.9 Å². The number of carbonyl (C=O) groups excluding carboxylic acids is 1. The third-order valence-corrected chi connectivity index (χ3v) is 6.06. The van der Waals surface area contributed by atoms with E-state index in [0.717, 1.165) is 34.2 Å². The highest BCUT2D eigenvalue weighted by molar-refractivity contribution is 9.13. The predicted octanol–water partition coefficient (Wildman–Crippen LogP) is 1.44. The lowest BCUT2D eigenvalue weighted by Crippen LogP contribution is -2.61. The highest BCUT2D eigenvalue weighted by atomic mass is 79.9. The second-order valence-corrected chi connectivity index (χ2v) is 6.65. The Balaban J connectivity index is 2.00. The topological polar surface area (TPSA) is 86.5 Å². The Bertz CT molecular complexity index is 639. The molecule has 0 saturated carbocycles. The lowest BCUT2D eigenvalue weighted by Gasteiger charge is -2.42. The molecule has 1 fully saturated rings. The summed E-state index contributed by atoms with van der Waals surface area (Å²) < 4.78 is 1.52. The van der Waals surface area contributed by atoms with Gasteiger partial charge in [0, 0.05) is 6.54 Å². The number of carbonyl (C=O) groups is 1. The minimum atomic E-state index is -0.474. The van der Waals surface area contributed by atoms with Crippen LogP contribution in [0.5, 0.6) is 0 Å². The molecule has 1 amide bonds. The van der Waals surface area contributed by atoms with E-state index >= 15 is 0 Å². The highest BCUT2D eigenvalue weighted by Gasteiger charge is 2.58. The smallest absolute Gasteiger partial charge is 0.258 e. The van der Waals surface area contributed by atoms with Gasteiger partial charge < -0.3 is 20.9 Å². The summed E-state index contributed by atoms with van der Waals surface area (Å²) in [5.74, 6) is 0.425. The summed E-state index contributed by atoms with van der Waals surface area (Å²) in [6.45, 7) is 0.736. The molecule has 1 spiro atoms. The Kier molecular flexibility index (Phi) is 2.20. The Hall–Kier alpha value is -1.02. The quantitative estimate of drug-likeness (QED) is 0.628. The summed E-state index contributed by atoms with van der Waals surface area (Å²) in [5, 5.41) is 3.21. The third-order valence-electron chi connectivity index (χ3n) is 4.14. The maximum Gasteiger partial charge on any atom is 0.258 e. The van der Waals surface area contributed by atoms with Crippen LogP contribution >= 0.6 is 31.9 Å². The second-order valence-electron chi connectivity index (χ2n) is 5.07. The molecule has 0 radical (unpaired) electrons. The van der Waals surface area contributed by atoms with E-state index in [9.17, 15) is 4.79 Å². The number of nitrogens with zero attached hydrogens (tertiary/aromatic N) is 2. The Morgan fingerprint density at radius 2 is 2.26 bits per heavy atom. The molecule has 4 heterocycles. The van der Waals surface area contributed by atoms with Gasteiger partial charge in [0.1, 0.15) is 11.7 Å². The van der Waals surface area contributed by atoms with Gasteiger partial charge in [-0.05, 0) is 44.7 Å². The van der Waals surface area contributed by atoms with Crippen LogP contribution in [0.2, 0.25) is 0 Å². The SMILES string of the molecule is NC1=N[C@H]2c3[nH]c(Br)c(Br)c3C(=O)N3CCC[C@]23N1. The van der Waals surface area contributed by atoms with E-state index in [0.29, 0.717) is 11.5 Å². The van der Waals surface area contributed by atoms with Crippen molar-refractivity contribution in [3.05, 3.63) is 20.3 Å². The number of nitrogens with two attached hydrogens (primary N) is 1. The molecule has 3 aliphatic rings. The fraction of sp³-hybridized carbons (Fsp3) is 0.455. The summed E-state index contributed by atoms with van der Waals surface area (Å²) in [4.78, 5) is 22.3. The summed E-state index contributed by atoms with van der Waals surface area (Å²) in [6.07, 6.45) is 1.82. The summed E-state index contributed by atoms with van der Waals surface area (Å²) in [7, 11) is 0. The summed E-state index contributed by atoms with van der Waals surface area (Å²) in [6, 6.07) is -0.162. The van der Waals surface area contributed by atoms with E-state index in [1.807, 2.05) is 4.90 Å². The van der Waals surface area contributed by atoms with Crippen LogP contribution in [0.15, 0.2) is 14.1 Å². The number of nitrogens with one attached hydrogen (secondary N) is 2. The molecule has 100 valence electrons. The van der Waals surface area contributed by atoms with E-state index in [-0.39, 0.29) is 11.9 Å². The van der Waals surface area contributed by atoms with E-state index < -0.39 is 5.66 Å². The van der Waals surface area contributed by atoms with Gasteiger partial charge in [0.05, 0.1) is 20.3 Å². The number of hydrogen-bond donors (Lipinski definition) is 3. The Morgan fingerprint density at radius 1 is 1.47 bits per heavy atom. The lowest BCUT2D eigenvalue weighted by atomic mass is 9.89. The van der Waals surface area contributed by atoms with Gasteiger partial charge in [0.15, 0.2) is 5.96 Å². The van der Waals surface area contributed by atoms with Crippen LogP contribution in [-0.2, 0) is 0 Å². The van der Waals surface area contributed by atoms with E-state index in [1.165, 1.54) is 0 Å². The maximum absolute atomic E-state index is 12.7. The first-order valence-electron chi connectivity index (χ1n) is 6.05. The number of aromatic nitrogens is 1. The number of fused-ring (bicyclic) bond motifs is 2. The normalized spacial score (nSPS) is 31.7. The standard InChI is InChI=1S/C11H11Br2N5O/c12-5-4-6(15-8(5)13)7-11(17-10(14)16-7)2-1-3-18(11)9(4)19/h7,15H,1-3H2,(H3,14,16,17)/t7-,11+/m0/s1. The van der Waals surface area contributed by atoms with Gasteiger partial charge >= 0.3 is 0 Å². The number of aliphatic imine (C=N–C) groups is 1. The number of guanidine groups is 1. The molecule has 1 saturated heterocycles. The minimum Gasteiger partial charge on any atom is -0.370 e. The molecule has 19 heavy (non-hydrogen) atoms. The fourth-order valence-corrected chi connectivity index (χ4v) is 4.32. The van der Waals surface area contributed by atoms with Gasteiger partial charge in [-0.15, -0.1) is 0 Å². The van der Waals surface area contributed by atoms with Crippen molar-refractivity contribution in [2.75, 3.05) is 6.54 Å².